The first-order chi connectivity index (χ1) is 7.55. The summed E-state index contributed by atoms with van der Waals surface area (Å²) in [6.45, 7) is 13.4. The molecule has 0 heteroatoms. The van der Waals surface area contributed by atoms with E-state index in [1.54, 1.807) is 11.1 Å². The average Bonchev–Trinajstić information content (AvgIpc) is 2.62. The third kappa shape index (κ3) is 2.03. The summed E-state index contributed by atoms with van der Waals surface area (Å²) in [5, 5.41) is 0. The number of aryl methyl sites for hydroxylation is 2. The Morgan fingerprint density at radius 1 is 1.19 bits per heavy atom. The summed E-state index contributed by atoms with van der Waals surface area (Å²) in [7, 11) is 0. The Balaban J connectivity index is 0.000000606. The molecule has 0 saturated heterocycles. The number of fused-ring (bicyclic) bond motifs is 1. The molecule has 0 amide bonds. The molecular weight excluding hydrogens is 192 g/mol. The van der Waals surface area contributed by atoms with E-state index < -0.39 is 0 Å². The molecule has 0 radical (unpaired) electrons. The molecule has 1 aliphatic rings. The predicted octanol–water partition coefficient (Wildman–Crippen LogP) is 4.88. The number of benzene rings is 1. The minimum Gasteiger partial charge on any atom is -0.0683 e. The third-order valence-corrected chi connectivity index (χ3v) is 4.12. The number of hydrogen-bond acceptors (Lipinski definition) is 0. The Morgan fingerprint density at radius 2 is 1.81 bits per heavy atom. The van der Waals surface area contributed by atoms with Gasteiger partial charge in [-0.05, 0) is 47.8 Å². The molecule has 1 aromatic rings. The molecule has 0 aliphatic heterocycles. The molecule has 0 nitrogen and oxygen atoms in total. The van der Waals surface area contributed by atoms with Gasteiger partial charge in [0.25, 0.3) is 0 Å². The molecule has 1 atom stereocenters. The van der Waals surface area contributed by atoms with Gasteiger partial charge in [0.1, 0.15) is 0 Å². The van der Waals surface area contributed by atoms with Crippen LogP contribution < -0.4 is 0 Å². The second kappa shape index (κ2) is 5.03. The van der Waals surface area contributed by atoms with Gasteiger partial charge >= 0.3 is 0 Å². The minimum atomic E-state index is 0.417. The standard InChI is InChI=1S/C14H20.C2H6/c1-10(2)14(4)9-8-12-7-5-6-11(3)13(12)14;1-2/h5-7,10H,8-9H2,1-4H3;1-2H3. The van der Waals surface area contributed by atoms with Crippen LogP contribution in [0.25, 0.3) is 0 Å². The molecule has 0 fully saturated rings. The Kier molecular flexibility index (Phi) is 4.18. The lowest BCUT2D eigenvalue weighted by atomic mass is 9.73. The number of rotatable bonds is 1. The van der Waals surface area contributed by atoms with Gasteiger partial charge in [-0.1, -0.05) is 52.8 Å². The van der Waals surface area contributed by atoms with Gasteiger partial charge in [-0.15, -0.1) is 0 Å². The molecule has 0 N–H and O–H groups in total. The lowest BCUT2D eigenvalue weighted by Crippen LogP contribution is -2.26. The SMILES string of the molecule is CC.Cc1cccc2c1C(C)(C(C)C)CC2. The molecule has 16 heavy (non-hydrogen) atoms. The highest BCUT2D eigenvalue weighted by Crippen LogP contribution is 2.45. The van der Waals surface area contributed by atoms with Crippen LogP contribution in [0.5, 0.6) is 0 Å². The van der Waals surface area contributed by atoms with Crippen LogP contribution in [0.2, 0.25) is 0 Å². The van der Waals surface area contributed by atoms with Crippen molar-refractivity contribution in [2.45, 2.75) is 59.8 Å². The highest BCUT2D eigenvalue weighted by atomic mass is 14.4. The van der Waals surface area contributed by atoms with E-state index in [9.17, 15) is 0 Å². The van der Waals surface area contributed by atoms with Crippen molar-refractivity contribution >= 4 is 0 Å². The van der Waals surface area contributed by atoms with Crippen LogP contribution in [0.3, 0.4) is 0 Å². The van der Waals surface area contributed by atoms with Crippen molar-refractivity contribution in [1.82, 2.24) is 0 Å². The monoisotopic (exact) mass is 218 g/mol. The Labute approximate surface area is 101 Å². The van der Waals surface area contributed by atoms with Crippen LogP contribution in [0, 0.1) is 12.8 Å². The molecule has 90 valence electrons. The zero-order valence-electron chi connectivity index (χ0n) is 11.7. The van der Waals surface area contributed by atoms with Gasteiger partial charge in [0, 0.05) is 0 Å². The first-order valence-electron chi connectivity index (χ1n) is 6.64. The van der Waals surface area contributed by atoms with E-state index in [1.807, 2.05) is 13.8 Å². The smallest absolute Gasteiger partial charge is 0.00438 e. The molecular formula is C16H26. The molecule has 1 aromatic carbocycles. The van der Waals surface area contributed by atoms with Gasteiger partial charge in [0.05, 0.1) is 0 Å². The normalized spacial score (nSPS) is 22.7. The third-order valence-electron chi connectivity index (χ3n) is 4.12. The summed E-state index contributed by atoms with van der Waals surface area (Å²) in [4.78, 5) is 0. The minimum absolute atomic E-state index is 0.417. The van der Waals surface area contributed by atoms with Gasteiger partial charge in [-0.3, -0.25) is 0 Å². The van der Waals surface area contributed by atoms with Crippen molar-refractivity contribution in [3.05, 3.63) is 34.9 Å². The van der Waals surface area contributed by atoms with Crippen molar-refractivity contribution in [2.24, 2.45) is 5.92 Å². The Bertz CT molecular complexity index is 349. The first-order valence-corrected chi connectivity index (χ1v) is 6.64. The molecule has 0 heterocycles. The largest absolute Gasteiger partial charge is 0.0683 e. The quantitative estimate of drug-likeness (QED) is 0.630. The van der Waals surface area contributed by atoms with Gasteiger partial charge in [-0.2, -0.15) is 0 Å². The van der Waals surface area contributed by atoms with Crippen LogP contribution in [0.15, 0.2) is 18.2 Å². The van der Waals surface area contributed by atoms with Gasteiger partial charge in [0.15, 0.2) is 0 Å². The van der Waals surface area contributed by atoms with Gasteiger partial charge in [0.2, 0.25) is 0 Å². The molecule has 0 spiro atoms. The summed E-state index contributed by atoms with van der Waals surface area (Å²) in [6.07, 6.45) is 2.59. The lowest BCUT2D eigenvalue weighted by Gasteiger charge is -2.31. The maximum absolute atomic E-state index is 2.43. The fourth-order valence-electron chi connectivity index (χ4n) is 2.85. The van der Waals surface area contributed by atoms with E-state index >= 15 is 0 Å². The van der Waals surface area contributed by atoms with Crippen molar-refractivity contribution < 1.29 is 0 Å². The predicted molar refractivity (Wildman–Crippen MR) is 73.0 cm³/mol. The summed E-state index contributed by atoms with van der Waals surface area (Å²) < 4.78 is 0. The second-order valence-corrected chi connectivity index (χ2v) is 5.18. The molecule has 0 aromatic heterocycles. The van der Waals surface area contributed by atoms with Crippen molar-refractivity contribution in [3.63, 3.8) is 0 Å². The van der Waals surface area contributed by atoms with Crippen LogP contribution >= 0.6 is 0 Å². The molecule has 1 unspecified atom stereocenters. The highest BCUT2D eigenvalue weighted by Gasteiger charge is 2.37. The van der Waals surface area contributed by atoms with Gasteiger partial charge < -0.3 is 0 Å². The van der Waals surface area contributed by atoms with Crippen LogP contribution in [-0.2, 0) is 11.8 Å². The first kappa shape index (κ1) is 13.3. The van der Waals surface area contributed by atoms with Crippen LogP contribution in [0.4, 0.5) is 0 Å². The van der Waals surface area contributed by atoms with Crippen molar-refractivity contribution in [1.29, 1.82) is 0 Å². The summed E-state index contributed by atoms with van der Waals surface area (Å²) >= 11 is 0. The summed E-state index contributed by atoms with van der Waals surface area (Å²) in [5.74, 6) is 0.741. The van der Waals surface area contributed by atoms with Gasteiger partial charge in [-0.25, -0.2) is 0 Å². The van der Waals surface area contributed by atoms with E-state index in [0.717, 1.165) is 5.92 Å². The van der Waals surface area contributed by atoms with Crippen molar-refractivity contribution in [2.75, 3.05) is 0 Å². The topological polar surface area (TPSA) is 0 Å². The molecule has 0 saturated carbocycles. The summed E-state index contributed by atoms with van der Waals surface area (Å²) in [6, 6.07) is 6.75. The number of hydrogen-bond donors (Lipinski definition) is 0. The van der Waals surface area contributed by atoms with Crippen molar-refractivity contribution in [3.8, 4) is 0 Å². The zero-order chi connectivity index (χ0) is 12.3. The van der Waals surface area contributed by atoms with E-state index in [0.29, 0.717) is 5.41 Å². The maximum Gasteiger partial charge on any atom is -0.00438 e. The fourth-order valence-corrected chi connectivity index (χ4v) is 2.85. The van der Waals surface area contributed by atoms with Crippen LogP contribution in [0.1, 0.15) is 57.7 Å². The Morgan fingerprint density at radius 3 is 2.38 bits per heavy atom. The van der Waals surface area contributed by atoms with E-state index in [-0.39, 0.29) is 0 Å². The average molecular weight is 218 g/mol. The van der Waals surface area contributed by atoms with E-state index in [4.69, 9.17) is 0 Å². The maximum atomic E-state index is 2.43. The zero-order valence-corrected chi connectivity index (χ0v) is 11.7. The second-order valence-electron chi connectivity index (χ2n) is 5.18. The lowest BCUT2D eigenvalue weighted by molar-refractivity contribution is 0.335. The molecule has 1 aliphatic carbocycles. The van der Waals surface area contributed by atoms with E-state index in [1.165, 1.54) is 18.4 Å². The Hall–Kier alpha value is -0.780. The summed E-state index contributed by atoms with van der Waals surface area (Å²) in [5.41, 5.74) is 5.12. The van der Waals surface area contributed by atoms with Crippen LogP contribution in [-0.4, -0.2) is 0 Å². The molecule has 0 bridgehead atoms. The van der Waals surface area contributed by atoms with E-state index in [2.05, 4.69) is 45.9 Å². The molecule has 2 rings (SSSR count). The highest BCUT2D eigenvalue weighted by molar-refractivity contribution is 5.44. The fraction of sp³-hybridized carbons (Fsp3) is 0.625.